The largest absolute Gasteiger partial charge is 0.323 e. The monoisotopic (exact) mass is 411 g/mol. The van der Waals surface area contributed by atoms with E-state index in [9.17, 15) is 10.1 Å². The SMILES string of the molecule is CC(C)(C)[C@@H]1CCc2c(sc(NC(=S)NC(=O)Cc3ccccc3)c2C#N)C1. The van der Waals surface area contributed by atoms with Gasteiger partial charge >= 0.3 is 0 Å². The summed E-state index contributed by atoms with van der Waals surface area (Å²) >= 11 is 6.91. The van der Waals surface area contributed by atoms with Crippen LogP contribution in [0.15, 0.2) is 30.3 Å². The van der Waals surface area contributed by atoms with Crippen LogP contribution in [-0.2, 0) is 24.1 Å². The minimum absolute atomic E-state index is 0.170. The number of hydrogen-bond acceptors (Lipinski definition) is 4. The standard InChI is InChI=1S/C22H25N3OS2/c1-22(2,3)15-9-10-16-17(13-23)20(28-18(16)12-15)25-21(27)24-19(26)11-14-7-5-4-6-8-14/h4-8,15H,9-12H2,1-3H3,(H2,24,25,26,27)/t15-/m1/s1. The molecule has 2 aromatic rings. The predicted octanol–water partition coefficient (Wildman–Crippen LogP) is 4.83. The second kappa shape index (κ2) is 8.42. The summed E-state index contributed by atoms with van der Waals surface area (Å²) in [4.78, 5) is 13.5. The number of anilines is 1. The maximum absolute atomic E-state index is 12.2. The third-order valence-corrected chi connectivity index (χ3v) is 6.66. The average molecular weight is 412 g/mol. The lowest BCUT2D eigenvalue weighted by Gasteiger charge is -2.33. The number of carbonyl (C=O) groups excluding carboxylic acids is 1. The van der Waals surface area contributed by atoms with Gasteiger partial charge in [0.25, 0.3) is 0 Å². The Labute approximate surface area is 176 Å². The van der Waals surface area contributed by atoms with E-state index in [1.54, 1.807) is 11.3 Å². The van der Waals surface area contributed by atoms with E-state index in [0.717, 1.165) is 35.4 Å². The number of rotatable bonds is 3. The quantitative estimate of drug-likeness (QED) is 0.710. The summed E-state index contributed by atoms with van der Waals surface area (Å²) in [7, 11) is 0. The van der Waals surface area contributed by atoms with Gasteiger partial charge in [0.2, 0.25) is 5.91 Å². The molecule has 1 aliphatic rings. The molecule has 0 spiro atoms. The van der Waals surface area contributed by atoms with Crippen molar-refractivity contribution in [1.29, 1.82) is 5.26 Å². The summed E-state index contributed by atoms with van der Waals surface area (Å²) in [5.74, 6) is 0.437. The number of nitriles is 1. The van der Waals surface area contributed by atoms with E-state index in [4.69, 9.17) is 12.2 Å². The summed E-state index contributed by atoms with van der Waals surface area (Å²) in [6.45, 7) is 6.83. The van der Waals surface area contributed by atoms with Gasteiger partial charge in [0.15, 0.2) is 5.11 Å². The molecule has 0 unspecified atom stereocenters. The first-order chi connectivity index (χ1) is 13.3. The van der Waals surface area contributed by atoms with Gasteiger partial charge in [0.05, 0.1) is 12.0 Å². The van der Waals surface area contributed by atoms with Gasteiger partial charge in [-0.2, -0.15) is 5.26 Å². The van der Waals surface area contributed by atoms with Gasteiger partial charge in [-0.1, -0.05) is 51.1 Å². The van der Waals surface area contributed by atoms with Gasteiger partial charge in [-0.25, -0.2) is 0 Å². The molecule has 1 heterocycles. The molecule has 0 aliphatic heterocycles. The normalized spacial score (nSPS) is 16.0. The van der Waals surface area contributed by atoms with Crippen molar-refractivity contribution in [2.45, 2.75) is 46.5 Å². The first kappa shape index (κ1) is 20.5. The fourth-order valence-corrected chi connectivity index (χ4v) is 5.18. The van der Waals surface area contributed by atoms with Crippen molar-refractivity contribution in [3.05, 3.63) is 51.9 Å². The molecule has 1 amide bonds. The highest BCUT2D eigenvalue weighted by atomic mass is 32.1. The smallest absolute Gasteiger partial charge is 0.230 e. The van der Waals surface area contributed by atoms with Gasteiger partial charge in [0.1, 0.15) is 11.1 Å². The Balaban J connectivity index is 1.67. The van der Waals surface area contributed by atoms with Crippen LogP contribution in [0, 0.1) is 22.7 Å². The highest BCUT2D eigenvalue weighted by molar-refractivity contribution is 7.80. The van der Waals surface area contributed by atoms with Crippen molar-refractivity contribution < 1.29 is 4.79 Å². The number of hydrogen-bond donors (Lipinski definition) is 2. The molecule has 1 aliphatic carbocycles. The summed E-state index contributed by atoms with van der Waals surface area (Å²) in [5, 5.41) is 16.5. The van der Waals surface area contributed by atoms with Crippen molar-refractivity contribution in [3.63, 3.8) is 0 Å². The van der Waals surface area contributed by atoms with Crippen LogP contribution in [-0.4, -0.2) is 11.0 Å². The van der Waals surface area contributed by atoms with Gasteiger partial charge in [-0.3, -0.25) is 4.79 Å². The molecule has 0 saturated carbocycles. The Morgan fingerprint density at radius 1 is 1.32 bits per heavy atom. The van der Waals surface area contributed by atoms with Crippen molar-refractivity contribution in [2.75, 3.05) is 5.32 Å². The lowest BCUT2D eigenvalue weighted by atomic mass is 9.72. The number of nitrogens with one attached hydrogen (secondary N) is 2. The maximum Gasteiger partial charge on any atom is 0.230 e. The van der Waals surface area contributed by atoms with Crippen LogP contribution in [0.5, 0.6) is 0 Å². The Morgan fingerprint density at radius 2 is 2.04 bits per heavy atom. The molecule has 0 fully saturated rings. The number of amides is 1. The molecule has 0 saturated heterocycles. The number of nitrogens with zero attached hydrogens (tertiary/aromatic N) is 1. The van der Waals surface area contributed by atoms with E-state index in [2.05, 4.69) is 37.5 Å². The molecule has 28 heavy (non-hydrogen) atoms. The third kappa shape index (κ3) is 4.78. The molecular formula is C22H25N3OS2. The van der Waals surface area contributed by atoms with Crippen molar-refractivity contribution >= 4 is 39.6 Å². The molecule has 3 rings (SSSR count). The first-order valence-electron chi connectivity index (χ1n) is 9.47. The number of thiophene rings is 1. The van der Waals surface area contributed by atoms with E-state index in [1.807, 2.05) is 30.3 Å². The molecule has 146 valence electrons. The summed E-state index contributed by atoms with van der Waals surface area (Å²) in [5.41, 5.74) is 3.00. The van der Waals surface area contributed by atoms with Crippen molar-refractivity contribution in [2.24, 2.45) is 11.3 Å². The van der Waals surface area contributed by atoms with Gasteiger partial charge in [0, 0.05) is 4.88 Å². The zero-order valence-electron chi connectivity index (χ0n) is 16.5. The Bertz CT molecular complexity index is 920. The molecule has 1 aromatic heterocycles. The second-order valence-corrected chi connectivity index (χ2v) is 9.80. The van der Waals surface area contributed by atoms with Crippen LogP contribution in [0.4, 0.5) is 5.00 Å². The summed E-state index contributed by atoms with van der Waals surface area (Å²) < 4.78 is 0. The molecule has 6 heteroatoms. The predicted molar refractivity (Wildman–Crippen MR) is 119 cm³/mol. The number of carbonyl (C=O) groups is 1. The Kier molecular flexibility index (Phi) is 6.17. The zero-order valence-corrected chi connectivity index (χ0v) is 18.1. The maximum atomic E-state index is 12.2. The highest BCUT2D eigenvalue weighted by Crippen LogP contribution is 2.43. The Hall–Kier alpha value is -2.23. The summed E-state index contributed by atoms with van der Waals surface area (Å²) in [6.07, 6.45) is 3.28. The lowest BCUT2D eigenvalue weighted by molar-refractivity contribution is -0.119. The minimum atomic E-state index is -0.170. The van der Waals surface area contributed by atoms with Crippen molar-refractivity contribution in [3.8, 4) is 6.07 Å². The minimum Gasteiger partial charge on any atom is -0.323 e. The topological polar surface area (TPSA) is 64.9 Å². The van der Waals surface area contributed by atoms with E-state index in [-0.39, 0.29) is 22.9 Å². The second-order valence-electron chi connectivity index (χ2n) is 8.29. The van der Waals surface area contributed by atoms with Crippen LogP contribution in [0.2, 0.25) is 0 Å². The number of thiocarbonyl (C=S) groups is 1. The lowest BCUT2D eigenvalue weighted by Crippen LogP contribution is -2.35. The van der Waals surface area contributed by atoms with E-state index in [1.165, 1.54) is 4.88 Å². The molecule has 4 nitrogen and oxygen atoms in total. The van der Waals surface area contributed by atoms with E-state index < -0.39 is 0 Å². The molecule has 2 N–H and O–H groups in total. The van der Waals surface area contributed by atoms with Crippen LogP contribution in [0.3, 0.4) is 0 Å². The van der Waals surface area contributed by atoms with E-state index >= 15 is 0 Å². The fourth-order valence-electron chi connectivity index (χ4n) is 3.62. The molecule has 0 radical (unpaired) electrons. The molecule has 1 aromatic carbocycles. The van der Waals surface area contributed by atoms with Crippen LogP contribution < -0.4 is 10.6 Å². The fraction of sp³-hybridized carbons (Fsp3) is 0.409. The van der Waals surface area contributed by atoms with Crippen LogP contribution >= 0.6 is 23.6 Å². The molecule has 1 atom stereocenters. The first-order valence-corrected chi connectivity index (χ1v) is 10.7. The highest BCUT2D eigenvalue weighted by Gasteiger charge is 2.32. The van der Waals surface area contributed by atoms with Crippen LogP contribution in [0.25, 0.3) is 0 Å². The van der Waals surface area contributed by atoms with Gasteiger partial charge in [-0.15, -0.1) is 11.3 Å². The zero-order chi connectivity index (χ0) is 20.3. The Morgan fingerprint density at radius 3 is 2.68 bits per heavy atom. The van der Waals surface area contributed by atoms with Crippen molar-refractivity contribution in [1.82, 2.24) is 5.32 Å². The average Bonchev–Trinajstić information content (AvgIpc) is 2.97. The van der Waals surface area contributed by atoms with Gasteiger partial charge < -0.3 is 10.6 Å². The third-order valence-electron chi connectivity index (χ3n) is 5.29. The van der Waals surface area contributed by atoms with Gasteiger partial charge in [-0.05, 0) is 53.9 Å². The molecular weight excluding hydrogens is 386 g/mol. The van der Waals surface area contributed by atoms with E-state index in [0.29, 0.717) is 11.5 Å². The molecule has 0 bridgehead atoms. The summed E-state index contributed by atoms with van der Waals surface area (Å²) in [6, 6.07) is 11.9. The number of benzene rings is 1. The van der Waals surface area contributed by atoms with Crippen LogP contribution in [0.1, 0.15) is 48.8 Å². The number of fused-ring (bicyclic) bond motifs is 1.